The van der Waals surface area contributed by atoms with Crippen molar-refractivity contribution < 1.29 is 53.8 Å². The van der Waals surface area contributed by atoms with E-state index in [2.05, 4.69) is 24.7 Å². The molecule has 0 bridgehead atoms. The summed E-state index contributed by atoms with van der Waals surface area (Å²) in [5.41, 5.74) is -0.587. The lowest BCUT2D eigenvalue weighted by Crippen LogP contribution is -2.44. The molecule has 0 saturated heterocycles. The van der Waals surface area contributed by atoms with E-state index in [1.54, 1.807) is 0 Å². The molecule has 4 heterocycles. The van der Waals surface area contributed by atoms with Gasteiger partial charge in [0, 0.05) is 24.8 Å². The van der Waals surface area contributed by atoms with Crippen LogP contribution >= 0.6 is 0 Å². The van der Waals surface area contributed by atoms with Gasteiger partial charge in [0.2, 0.25) is 20.7 Å². The number of fused-ring (bicyclic) bond motifs is 2. The van der Waals surface area contributed by atoms with E-state index in [1.165, 1.54) is 6.20 Å². The Morgan fingerprint density at radius 1 is 0.921 bits per heavy atom. The summed E-state index contributed by atoms with van der Waals surface area (Å²) >= 11 is 0. The number of aromatic nitrogens is 4. The topological polar surface area (TPSA) is 190 Å². The van der Waals surface area contributed by atoms with E-state index in [0.717, 1.165) is 25.7 Å². The number of hydrogen-bond acceptors (Lipinski definition) is 12. The van der Waals surface area contributed by atoms with E-state index >= 15 is 0 Å². The Balaban J connectivity index is 0.000000215. The van der Waals surface area contributed by atoms with Crippen molar-refractivity contribution in [2.45, 2.75) is 12.9 Å². The second kappa shape index (κ2) is 10.8. The van der Waals surface area contributed by atoms with Crippen molar-refractivity contribution in [1.29, 1.82) is 0 Å². The van der Waals surface area contributed by atoms with E-state index in [4.69, 9.17) is 0 Å². The van der Waals surface area contributed by atoms with Crippen LogP contribution in [-0.2, 0) is 29.6 Å². The molecule has 20 heteroatoms. The van der Waals surface area contributed by atoms with Crippen LogP contribution in [0.3, 0.4) is 0 Å². The summed E-state index contributed by atoms with van der Waals surface area (Å²) in [6, 6.07) is 0. The lowest BCUT2D eigenvalue weighted by molar-refractivity contribution is -0.135. The number of nitrogens with zero attached hydrogens (tertiary/aromatic N) is 6. The minimum absolute atomic E-state index is 0.192. The highest BCUT2D eigenvalue weighted by Gasteiger charge is 2.44. The molecule has 0 radical (unpaired) electrons. The molecule has 2 aliphatic rings. The van der Waals surface area contributed by atoms with Gasteiger partial charge in [0.05, 0.1) is 20.2 Å². The van der Waals surface area contributed by atoms with Crippen LogP contribution in [0.15, 0.2) is 29.7 Å². The number of methoxy groups -OCH3 is 1. The average Bonchev–Trinajstić information content (AvgIpc) is 2.84. The summed E-state index contributed by atoms with van der Waals surface area (Å²) in [4.78, 5) is 36.4. The molecule has 0 aromatic carbocycles. The molecule has 0 unspecified atom stereocenters. The predicted octanol–water partition coefficient (Wildman–Crippen LogP) is 0.365. The molecule has 2 aromatic rings. The Morgan fingerprint density at radius 2 is 1.39 bits per heavy atom. The second-order valence-electron chi connectivity index (χ2n) is 7.16. The molecule has 0 aliphatic carbocycles. The van der Waals surface area contributed by atoms with E-state index in [1.807, 2.05) is 0 Å². The smallest absolute Gasteiger partial charge is 0.355 e. The third-order valence-electron chi connectivity index (χ3n) is 4.71. The summed E-state index contributed by atoms with van der Waals surface area (Å²) in [6.45, 7) is -2.26. The maximum Gasteiger partial charge on any atom is 0.355 e. The Hall–Kier alpha value is -3.94. The highest BCUT2D eigenvalue weighted by atomic mass is 32.2. The number of aliphatic hydroxyl groups is 1. The van der Waals surface area contributed by atoms with Crippen LogP contribution in [0.4, 0.5) is 29.2 Å². The van der Waals surface area contributed by atoms with Crippen molar-refractivity contribution in [1.82, 2.24) is 19.9 Å². The fourth-order valence-corrected chi connectivity index (χ4v) is 6.10. The number of hydrogen-bond donors (Lipinski definition) is 1. The third kappa shape index (κ3) is 5.49. The van der Waals surface area contributed by atoms with E-state index < -0.39 is 85.7 Å². The first-order chi connectivity index (χ1) is 17.7. The van der Waals surface area contributed by atoms with Crippen LogP contribution < -0.4 is 8.61 Å². The number of carbonyl (C=O) groups is 2. The van der Waals surface area contributed by atoms with Gasteiger partial charge in [0.25, 0.3) is 22.9 Å². The Morgan fingerprint density at radius 3 is 1.92 bits per heavy atom. The number of Topliss-reactive ketones (excluding diaryl/α,β-unsaturated/α-hetero) is 1. The highest BCUT2D eigenvalue weighted by Crippen LogP contribution is 2.36. The van der Waals surface area contributed by atoms with Gasteiger partial charge >= 0.3 is 5.97 Å². The number of alkyl halides is 4. The highest BCUT2D eigenvalue weighted by molar-refractivity contribution is 7.97. The van der Waals surface area contributed by atoms with E-state index in [0.29, 0.717) is 4.31 Å². The Bertz CT molecular complexity index is 1500. The molecular formula is C18H16F4N6O8S2. The van der Waals surface area contributed by atoms with Gasteiger partial charge in [-0.2, -0.15) is 0 Å². The number of carbonyl (C=O) groups excluding carboxylic acids is 2. The van der Waals surface area contributed by atoms with Gasteiger partial charge in [-0.05, 0) is 0 Å². The number of ketones is 1. The Labute approximate surface area is 211 Å². The monoisotopic (exact) mass is 584 g/mol. The van der Waals surface area contributed by atoms with Crippen LogP contribution in [0.1, 0.15) is 16.2 Å². The van der Waals surface area contributed by atoms with Gasteiger partial charge in [-0.1, -0.05) is 0 Å². The third-order valence-corrected chi connectivity index (χ3v) is 8.11. The SMILES string of the molecule is COC(=O)C1=C(O)c2nccnc2N(CC(F)F)S1(=O)=O.O=C1CS(=O)(=O)N(CC(F)F)c2nccnc21. The number of halogens is 4. The summed E-state index contributed by atoms with van der Waals surface area (Å²) in [5, 5.41) is 9.89. The van der Waals surface area contributed by atoms with E-state index in [9.17, 15) is 49.1 Å². The number of esters is 1. The van der Waals surface area contributed by atoms with E-state index in [-0.39, 0.29) is 15.8 Å². The Kier molecular flexibility index (Phi) is 8.15. The predicted molar refractivity (Wildman–Crippen MR) is 119 cm³/mol. The molecule has 0 saturated carbocycles. The first kappa shape index (κ1) is 28.6. The second-order valence-corrected chi connectivity index (χ2v) is 10.8. The van der Waals surface area contributed by atoms with Crippen LogP contribution in [0.2, 0.25) is 0 Å². The average molecular weight is 584 g/mol. The maximum absolute atomic E-state index is 12.6. The largest absolute Gasteiger partial charge is 0.504 e. The molecule has 2 aliphatic heterocycles. The molecule has 0 atom stereocenters. The lowest BCUT2D eigenvalue weighted by atomic mass is 10.3. The minimum Gasteiger partial charge on any atom is -0.504 e. The summed E-state index contributed by atoms with van der Waals surface area (Å²) in [6.07, 6.45) is -1.34. The molecule has 206 valence electrons. The van der Waals surface area contributed by atoms with Crippen molar-refractivity contribution in [2.75, 3.05) is 34.6 Å². The van der Waals surface area contributed by atoms with Gasteiger partial charge in [0.15, 0.2) is 23.1 Å². The number of aliphatic hydroxyl groups excluding tert-OH is 1. The first-order valence-electron chi connectivity index (χ1n) is 9.99. The quantitative estimate of drug-likeness (QED) is 0.376. The zero-order valence-electron chi connectivity index (χ0n) is 18.9. The number of rotatable bonds is 5. The van der Waals surface area contributed by atoms with Gasteiger partial charge < -0.3 is 9.84 Å². The van der Waals surface area contributed by atoms with Gasteiger partial charge in [0.1, 0.15) is 11.4 Å². The molecule has 0 amide bonds. The molecule has 2 aromatic heterocycles. The van der Waals surface area contributed by atoms with Crippen molar-refractivity contribution in [2.24, 2.45) is 0 Å². The fourth-order valence-electron chi connectivity index (χ4n) is 3.22. The first-order valence-corrected chi connectivity index (χ1v) is 13.0. The molecule has 38 heavy (non-hydrogen) atoms. The molecule has 0 fully saturated rings. The number of sulfonamides is 2. The summed E-state index contributed by atoms with van der Waals surface area (Å²) < 4.78 is 102. The van der Waals surface area contributed by atoms with Crippen molar-refractivity contribution >= 4 is 49.2 Å². The molecule has 14 nitrogen and oxygen atoms in total. The summed E-state index contributed by atoms with van der Waals surface area (Å²) in [7, 11) is -7.92. The number of anilines is 2. The van der Waals surface area contributed by atoms with Crippen molar-refractivity contribution in [3.8, 4) is 0 Å². The number of ether oxygens (including phenoxy) is 1. The normalized spacial score (nSPS) is 17.5. The van der Waals surface area contributed by atoms with Gasteiger partial charge in [-0.15, -0.1) is 0 Å². The zero-order chi connectivity index (χ0) is 28.4. The molecule has 1 N–H and O–H groups in total. The molecule has 4 rings (SSSR count). The van der Waals surface area contributed by atoms with Gasteiger partial charge in [-0.25, -0.2) is 67.7 Å². The molecule has 0 spiro atoms. The lowest BCUT2D eigenvalue weighted by Gasteiger charge is -2.28. The van der Waals surface area contributed by atoms with Crippen LogP contribution in [0, 0.1) is 0 Å². The standard InChI is InChI=1S/C10H9F2N3O5S.C8H7F2N3O3S/c1-20-10(17)8-7(16)6-9(14-3-2-13-6)15(4-5(11)12)21(8,18)19;9-6(10)3-13-8-7(11-1-2-12-8)5(14)4-17(13,15)16/h2-3,5,16H,4H2,1H3;1-2,6H,3-4H2. The molecular weight excluding hydrogens is 568 g/mol. The van der Waals surface area contributed by atoms with Crippen molar-refractivity contribution in [3.63, 3.8) is 0 Å². The maximum atomic E-state index is 12.6. The van der Waals surface area contributed by atoms with Crippen molar-refractivity contribution in [3.05, 3.63) is 41.1 Å². The zero-order valence-corrected chi connectivity index (χ0v) is 20.5. The van der Waals surface area contributed by atoms with Crippen LogP contribution in [-0.4, -0.2) is 92.4 Å². The summed E-state index contributed by atoms with van der Waals surface area (Å²) in [5.74, 6) is -4.78. The fraction of sp³-hybridized carbons (Fsp3) is 0.333. The van der Waals surface area contributed by atoms with Gasteiger partial charge in [-0.3, -0.25) is 4.79 Å². The minimum atomic E-state index is -4.73. The van der Waals surface area contributed by atoms with Crippen LogP contribution in [0.5, 0.6) is 0 Å². The van der Waals surface area contributed by atoms with Crippen LogP contribution in [0.25, 0.3) is 5.76 Å².